The molecule has 0 aromatic heterocycles. The second kappa shape index (κ2) is 52.2. The molecule has 0 aliphatic heterocycles. The van der Waals surface area contributed by atoms with Gasteiger partial charge in [0.05, 0.1) is 0 Å². The Balaban J connectivity index is 4.63. The Hall–Kier alpha value is -4.45. The first-order chi connectivity index (χ1) is 32.0. The van der Waals surface area contributed by atoms with Crippen LogP contribution in [0.2, 0.25) is 0 Å². The standard InChI is InChI=1S/C59H92O6/c1-4-7-10-13-16-19-22-25-28-29-32-35-38-41-44-47-50-53-59(62)65-56(54-63-57(60)51-48-45-42-39-36-33-30-26-23-20-17-14-11-8-5-2)55-64-58(61)52-49-46-43-40-37-34-31-27-24-21-18-15-12-9-6-3/h8-9,11-12,17-18,20-21,25-28,30-32,35-37,39-41,44,56H,4-7,10,13-16,19,22-24,29,33-34,38,42-43,45-55H2,1-3H3/b11-8-,12-9-,20-17-,21-18-,28-25-,30-26-,31-27-,35-32-,39-36-,40-37-,44-41-. The first-order valence-electron chi connectivity index (χ1n) is 25.7. The van der Waals surface area contributed by atoms with Crippen molar-refractivity contribution in [3.8, 4) is 0 Å². The van der Waals surface area contributed by atoms with Gasteiger partial charge in [-0.25, -0.2) is 0 Å². The normalized spacial score (nSPS) is 12.8. The summed E-state index contributed by atoms with van der Waals surface area (Å²) in [6, 6.07) is 0. The summed E-state index contributed by atoms with van der Waals surface area (Å²) >= 11 is 0. The van der Waals surface area contributed by atoms with Gasteiger partial charge >= 0.3 is 17.9 Å². The number of hydrogen-bond donors (Lipinski definition) is 0. The van der Waals surface area contributed by atoms with Gasteiger partial charge in [-0.05, 0) is 128 Å². The molecule has 0 amide bonds. The Kier molecular flexibility index (Phi) is 48.6. The summed E-state index contributed by atoms with van der Waals surface area (Å²) < 4.78 is 16.7. The number of rotatable bonds is 44. The van der Waals surface area contributed by atoms with Crippen molar-refractivity contribution in [2.24, 2.45) is 0 Å². The summed E-state index contributed by atoms with van der Waals surface area (Å²) in [5, 5.41) is 0. The lowest BCUT2D eigenvalue weighted by molar-refractivity contribution is -0.167. The minimum Gasteiger partial charge on any atom is -0.462 e. The van der Waals surface area contributed by atoms with Gasteiger partial charge in [0.2, 0.25) is 0 Å². The lowest BCUT2D eigenvalue weighted by Crippen LogP contribution is -2.30. The number of unbranched alkanes of at least 4 members (excludes halogenated alkanes) is 11. The van der Waals surface area contributed by atoms with Crippen LogP contribution in [-0.4, -0.2) is 37.2 Å². The quantitative estimate of drug-likeness (QED) is 0.0262. The van der Waals surface area contributed by atoms with Crippen molar-refractivity contribution in [2.45, 2.75) is 207 Å². The number of carbonyl (C=O) groups is 3. The SMILES string of the molecule is CC/C=C\C/C=C\C/C=C\C/C=C\CCCCC(=O)OCC(COC(=O)CCCC/C=C\C/C=C\C/C=C\C/C=C\CC)OC(=O)CCC/C=C\C/C=C\C/C=C\CCCCCCCC. The Labute approximate surface area is 398 Å². The van der Waals surface area contributed by atoms with Gasteiger partial charge in [-0.15, -0.1) is 0 Å². The van der Waals surface area contributed by atoms with Crippen LogP contribution in [0.3, 0.4) is 0 Å². The molecule has 0 N–H and O–H groups in total. The van der Waals surface area contributed by atoms with E-state index in [0.717, 1.165) is 96.3 Å². The summed E-state index contributed by atoms with van der Waals surface area (Å²) in [6.45, 7) is 6.26. The Bertz CT molecular complexity index is 1370. The Morgan fingerprint density at radius 2 is 0.615 bits per heavy atom. The second-order valence-electron chi connectivity index (χ2n) is 16.3. The molecule has 0 aromatic rings. The van der Waals surface area contributed by atoms with Gasteiger partial charge in [0.25, 0.3) is 0 Å². The summed E-state index contributed by atoms with van der Waals surface area (Å²) in [7, 11) is 0. The van der Waals surface area contributed by atoms with Gasteiger partial charge in [-0.2, -0.15) is 0 Å². The molecule has 6 nitrogen and oxygen atoms in total. The van der Waals surface area contributed by atoms with Crippen LogP contribution in [-0.2, 0) is 28.6 Å². The molecule has 0 bridgehead atoms. The van der Waals surface area contributed by atoms with Crippen LogP contribution < -0.4 is 0 Å². The average molecular weight is 897 g/mol. The first-order valence-corrected chi connectivity index (χ1v) is 25.7. The Morgan fingerprint density at radius 3 is 0.985 bits per heavy atom. The van der Waals surface area contributed by atoms with Gasteiger partial charge in [0.1, 0.15) is 13.2 Å². The van der Waals surface area contributed by atoms with E-state index in [2.05, 4.69) is 154 Å². The maximum atomic E-state index is 12.8. The van der Waals surface area contributed by atoms with E-state index < -0.39 is 6.10 Å². The molecule has 6 heteroatoms. The van der Waals surface area contributed by atoms with E-state index in [4.69, 9.17) is 14.2 Å². The third-order valence-corrected chi connectivity index (χ3v) is 10.1. The molecule has 0 aliphatic carbocycles. The van der Waals surface area contributed by atoms with E-state index in [1.807, 2.05) is 0 Å². The molecule has 0 spiro atoms. The van der Waals surface area contributed by atoms with Crippen molar-refractivity contribution in [3.63, 3.8) is 0 Å². The van der Waals surface area contributed by atoms with Crippen LogP contribution in [0.15, 0.2) is 134 Å². The van der Waals surface area contributed by atoms with Gasteiger partial charge in [-0.3, -0.25) is 14.4 Å². The van der Waals surface area contributed by atoms with E-state index in [-0.39, 0.29) is 50.4 Å². The van der Waals surface area contributed by atoms with Crippen LogP contribution >= 0.6 is 0 Å². The zero-order valence-electron chi connectivity index (χ0n) is 41.4. The number of ether oxygens (including phenoxy) is 3. The minimum atomic E-state index is -0.843. The van der Waals surface area contributed by atoms with Crippen LogP contribution in [0.5, 0.6) is 0 Å². The molecule has 0 saturated carbocycles. The van der Waals surface area contributed by atoms with E-state index in [9.17, 15) is 14.4 Å². The fourth-order valence-electron chi connectivity index (χ4n) is 6.32. The van der Waals surface area contributed by atoms with Crippen molar-refractivity contribution < 1.29 is 28.6 Å². The molecule has 0 aromatic carbocycles. The molecule has 0 fully saturated rings. The fourth-order valence-corrected chi connectivity index (χ4v) is 6.32. The number of allylic oxidation sites excluding steroid dienone is 22. The van der Waals surface area contributed by atoms with Gasteiger partial charge in [-0.1, -0.05) is 187 Å². The molecular weight excluding hydrogens is 805 g/mol. The highest BCUT2D eigenvalue weighted by Crippen LogP contribution is 2.10. The van der Waals surface area contributed by atoms with Crippen molar-refractivity contribution in [3.05, 3.63) is 134 Å². The monoisotopic (exact) mass is 897 g/mol. The van der Waals surface area contributed by atoms with Gasteiger partial charge in [0, 0.05) is 19.3 Å². The summed E-state index contributed by atoms with van der Waals surface area (Å²) in [4.78, 5) is 38.0. The van der Waals surface area contributed by atoms with Crippen molar-refractivity contribution in [1.29, 1.82) is 0 Å². The van der Waals surface area contributed by atoms with Crippen molar-refractivity contribution >= 4 is 17.9 Å². The number of carbonyl (C=O) groups excluding carboxylic acids is 3. The molecule has 0 radical (unpaired) electrons. The topological polar surface area (TPSA) is 78.9 Å². The van der Waals surface area contributed by atoms with Crippen LogP contribution in [0.25, 0.3) is 0 Å². The molecule has 0 atom stereocenters. The Morgan fingerprint density at radius 1 is 0.323 bits per heavy atom. The van der Waals surface area contributed by atoms with Crippen molar-refractivity contribution in [1.82, 2.24) is 0 Å². The second-order valence-corrected chi connectivity index (χ2v) is 16.3. The number of hydrogen-bond acceptors (Lipinski definition) is 6. The zero-order valence-corrected chi connectivity index (χ0v) is 41.4. The smallest absolute Gasteiger partial charge is 0.306 e. The van der Waals surface area contributed by atoms with Crippen LogP contribution in [0.4, 0.5) is 0 Å². The first kappa shape index (κ1) is 60.5. The summed E-state index contributed by atoms with van der Waals surface area (Å²) in [5.41, 5.74) is 0. The predicted molar refractivity (Wildman–Crippen MR) is 279 cm³/mol. The lowest BCUT2D eigenvalue weighted by Gasteiger charge is -2.18. The molecule has 65 heavy (non-hydrogen) atoms. The maximum Gasteiger partial charge on any atom is 0.306 e. The number of esters is 3. The van der Waals surface area contributed by atoms with Crippen LogP contribution in [0.1, 0.15) is 201 Å². The molecule has 364 valence electrons. The van der Waals surface area contributed by atoms with E-state index in [0.29, 0.717) is 19.3 Å². The fraction of sp³-hybridized carbons (Fsp3) is 0.576. The molecular formula is C59H92O6. The molecule has 0 unspecified atom stereocenters. The van der Waals surface area contributed by atoms with Crippen LogP contribution in [0, 0.1) is 0 Å². The largest absolute Gasteiger partial charge is 0.462 e. The summed E-state index contributed by atoms with van der Waals surface area (Å²) in [6.07, 6.45) is 73.0. The third kappa shape index (κ3) is 50.4. The predicted octanol–water partition coefficient (Wildman–Crippen LogP) is 17.1. The van der Waals surface area contributed by atoms with E-state index in [1.165, 1.54) is 44.9 Å². The molecule has 0 aliphatic rings. The van der Waals surface area contributed by atoms with E-state index in [1.54, 1.807) is 0 Å². The zero-order chi connectivity index (χ0) is 47.2. The van der Waals surface area contributed by atoms with E-state index >= 15 is 0 Å². The highest BCUT2D eigenvalue weighted by atomic mass is 16.6. The average Bonchev–Trinajstić information content (AvgIpc) is 3.30. The highest BCUT2D eigenvalue weighted by Gasteiger charge is 2.19. The highest BCUT2D eigenvalue weighted by molar-refractivity contribution is 5.71. The minimum absolute atomic E-state index is 0.138. The molecule has 0 rings (SSSR count). The van der Waals surface area contributed by atoms with Gasteiger partial charge in [0.15, 0.2) is 6.10 Å². The maximum absolute atomic E-state index is 12.8. The van der Waals surface area contributed by atoms with Crippen molar-refractivity contribution in [2.75, 3.05) is 13.2 Å². The lowest BCUT2D eigenvalue weighted by atomic mass is 10.1. The van der Waals surface area contributed by atoms with Gasteiger partial charge < -0.3 is 14.2 Å². The summed E-state index contributed by atoms with van der Waals surface area (Å²) in [5.74, 6) is -1.08. The molecule has 0 saturated heterocycles. The third-order valence-electron chi connectivity index (χ3n) is 10.1. The molecule has 0 heterocycles.